The molecule has 0 aliphatic carbocycles. The van der Waals surface area contributed by atoms with E-state index in [0.717, 1.165) is 18.4 Å². The van der Waals surface area contributed by atoms with Gasteiger partial charge in [0.1, 0.15) is 5.82 Å². The van der Waals surface area contributed by atoms with Crippen LogP contribution in [0.4, 0.5) is 4.39 Å². The highest BCUT2D eigenvalue weighted by atomic mass is 19.1. The van der Waals surface area contributed by atoms with E-state index >= 15 is 0 Å². The van der Waals surface area contributed by atoms with Crippen molar-refractivity contribution in [3.63, 3.8) is 0 Å². The van der Waals surface area contributed by atoms with E-state index in [1.54, 1.807) is 12.1 Å². The fraction of sp³-hybridized carbons (Fsp3) is 0.167. The van der Waals surface area contributed by atoms with E-state index in [1.165, 1.54) is 12.1 Å². The van der Waals surface area contributed by atoms with Gasteiger partial charge in [-0.05, 0) is 24.1 Å². The normalized spacial score (nSPS) is 10.2. The van der Waals surface area contributed by atoms with Gasteiger partial charge in [-0.25, -0.2) is 4.39 Å². The van der Waals surface area contributed by atoms with Crippen molar-refractivity contribution in [3.05, 3.63) is 41.7 Å². The van der Waals surface area contributed by atoms with Crippen molar-refractivity contribution in [1.82, 2.24) is 0 Å². The Balaban J connectivity index is 2.50. The lowest BCUT2D eigenvalue weighted by atomic mass is 10.2. The topological polar surface area (TPSA) is 0 Å². The number of halogens is 1. The highest BCUT2D eigenvalue weighted by Crippen LogP contribution is 2.05. The molecule has 0 aliphatic rings. The van der Waals surface area contributed by atoms with E-state index in [9.17, 15) is 4.39 Å². The summed E-state index contributed by atoms with van der Waals surface area (Å²) >= 11 is 0. The zero-order valence-corrected chi connectivity index (χ0v) is 7.33. The van der Waals surface area contributed by atoms with Gasteiger partial charge in [-0.1, -0.05) is 24.3 Å². The fourth-order valence-corrected chi connectivity index (χ4v) is 0.960. The molecule has 0 saturated carbocycles. The summed E-state index contributed by atoms with van der Waals surface area (Å²) in [6, 6.07) is 6.37. The quantitative estimate of drug-likeness (QED) is 0.487. The average Bonchev–Trinajstić information content (AvgIpc) is 2.15. The zero-order chi connectivity index (χ0) is 9.52. The maximum Gasteiger partial charge on any atom is 0.123 e. The van der Waals surface area contributed by atoms with Gasteiger partial charge in [0.25, 0.3) is 0 Å². The molecule has 1 aromatic rings. The lowest BCUT2D eigenvalue weighted by Crippen LogP contribution is -1.74. The second-order valence-electron chi connectivity index (χ2n) is 2.70. The van der Waals surface area contributed by atoms with Gasteiger partial charge < -0.3 is 0 Å². The minimum absolute atomic E-state index is 0.208. The third-order valence-electron chi connectivity index (χ3n) is 1.64. The second kappa shape index (κ2) is 5.16. The van der Waals surface area contributed by atoms with Crippen LogP contribution in [0.1, 0.15) is 18.4 Å². The molecule has 0 saturated heterocycles. The van der Waals surface area contributed by atoms with E-state index in [2.05, 4.69) is 5.92 Å². The van der Waals surface area contributed by atoms with Crippen LogP contribution >= 0.6 is 0 Å². The summed E-state index contributed by atoms with van der Waals surface area (Å²) in [5.41, 5.74) is 0.999. The SMILES string of the molecule is C#CCC/C=C/c1ccc(F)cc1. The monoisotopic (exact) mass is 174 g/mol. The lowest BCUT2D eigenvalue weighted by Gasteiger charge is -1.91. The Morgan fingerprint density at radius 2 is 2.00 bits per heavy atom. The molecule has 0 unspecified atom stereocenters. The van der Waals surface area contributed by atoms with Crippen molar-refractivity contribution >= 4 is 6.08 Å². The minimum atomic E-state index is -0.208. The molecule has 0 N–H and O–H groups in total. The molecular formula is C12H11F. The molecule has 1 heteroatoms. The summed E-state index contributed by atoms with van der Waals surface area (Å²) in [5.74, 6) is 2.34. The third-order valence-corrected chi connectivity index (χ3v) is 1.64. The summed E-state index contributed by atoms with van der Waals surface area (Å²) in [7, 11) is 0. The molecule has 13 heavy (non-hydrogen) atoms. The molecule has 0 spiro atoms. The highest BCUT2D eigenvalue weighted by Gasteiger charge is 1.87. The van der Waals surface area contributed by atoms with E-state index in [0.29, 0.717) is 0 Å². The number of hydrogen-bond donors (Lipinski definition) is 0. The summed E-state index contributed by atoms with van der Waals surface area (Å²) in [6.07, 6.45) is 10.6. The largest absolute Gasteiger partial charge is 0.207 e. The van der Waals surface area contributed by atoms with Gasteiger partial charge in [0.05, 0.1) is 0 Å². The van der Waals surface area contributed by atoms with E-state index in [-0.39, 0.29) is 5.82 Å². The Morgan fingerprint density at radius 3 is 2.62 bits per heavy atom. The van der Waals surface area contributed by atoms with Gasteiger partial charge in [-0.2, -0.15) is 0 Å². The molecule has 1 aromatic carbocycles. The van der Waals surface area contributed by atoms with Gasteiger partial charge >= 0.3 is 0 Å². The van der Waals surface area contributed by atoms with Crippen LogP contribution in [0.2, 0.25) is 0 Å². The summed E-state index contributed by atoms with van der Waals surface area (Å²) in [4.78, 5) is 0. The number of allylic oxidation sites excluding steroid dienone is 1. The first-order valence-corrected chi connectivity index (χ1v) is 4.18. The highest BCUT2D eigenvalue weighted by molar-refractivity contribution is 5.48. The van der Waals surface area contributed by atoms with E-state index in [4.69, 9.17) is 6.42 Å². The van der Waals surface area contributed by atoms with E-state index < -0.39 is 0 Å². The average molecular weight is 174 g/mol. The molecule has 0 aliphatic heterocycles. The number of terminal acetylenes is 1. The predicted molar refractivity (Wildman–Crippen MR) is 53.5 cm³/mol. The first-order chi connectivity index (χ1) is 6.33. The number of unbranched alkanes of at least 4 members (excludes halogenated alkanes) is 1. The van der Waals surface area contributed by atoms with Gasteiger partial charge in [0, 0.05) is 6.42 Å². The first kappa shape index (κ1) is 9.54. The molecule has 0 fully saturated rings. The molecule has 0 amide bonds. The molecule has 0 aromatic heterocycles. The van der Waals surface area contributed by atoms with Crippen LogP contribution in [0, 0.1) is 18.2 Å². The van der Waals surface area contributed by atoms with Crippen LogP contribution < -0.4 is 0 Å². The molecular weight excluding hydrogens is 163 g/mol. The molecule has 0 nitrogen and oxygen atoms in total. The predicted octanol–water partition coefficient (Wildman–Crippen LogP) is 3.25. The molecule has 0 atom stereocenters. The van der Waals surface area contributed by atoms with Crippen LogP contribution in [-0.4, -0.2) is 0 Å². The van der Waals surface area contributed by atoms with Crippen LogP contribution in [0.3, 0.4) is 0 Å². The number of hydrogen-bond acceptors (Lipinski definition) is 0. The maximum absolute atomic E-state index is 12.5. The van der Waals surface area contributed by atoms with Gasteiger partial charge in [-0.3, -0.25) is 0 Å². The van der Waals surface area contributed by atoms with Crippen LogP contribution in [0.15, 0.2) is 30.3 Å². The molecule has 0 heterocycles. The maximum atomic E-state index is 12.5. The second-order valence-corrected chi connectivity index (χ2v) is 2.70. The van der Waals surface area contributed by atoms with Crippen molar-refractivity contribution < 1.29 is 4.39 Å². The Labute approximate surface area is 78.1 Å². The first-order valence-electron chi connectivity index (χ1n) is 4.18. The molecule has 1 rings (SSSR count). The molecule has 0 bridgehead atoms. The molecule has 66 valence electrons. The van der Waals surface area contributed by atoms with Crippen LogP contribution in [0.5, 0.6) is 0 Å². The standard InChI is InChI=1S/C12H11F/c1-2-3-4-5-6-11-7-9-12(13)10-8-11/h1,5-10H,3-4H2/b6-5+. The van der Waals surface area contributed by atoms with Gasteiger partial charge in [0.2, 0.25) is 0 Å². The van der Waals surface area contributed by atoms with Crippen molar-refractivity contribution in [3.8, 4) is 12.3 Å². The third kappa shape index (κ3) is 3.57. The van der Waals surface area contributed by atoms with Crippen molar-refractivity contribution in [1.29, 1.82) is 0 Å². The van der Waals surface area contributed by atoms with Crippen LogP contribution in [0.25, 0.3) is 6.08 Å². The Kier molecular flexibility index (Phi) is 3.78. The van der Waals surface area contributed by atoms with E-state index in [1.807, 2.05) is 12.2 Å². The Bertz CT molecular complexity index is 314. The zero-order valence-electron chi connectivity index (χ0n) is 7.33. The van der Waals surface area contributed by atoms with Gasteiger partial charge in [-0.15, -0.1) is 12.3 Å². The molecule has 0 radical (unpaired) electrons. The Morgan fingerprint density at radius 1 is 1.31 bits per heavy atom. The number of benzene rings is 1. The summed E-state index contributed by atoms with van der Waals surface area (Å²) in [6.45, 7) is 0. The number of rotatable bonds is 3. The fourth-order valence-electron chi connectivity index (χ4n) is 0.960. The smallest absolute Gasteiger partial charge is 0.123 e. The summed E-state index contributed by atoms with van der Waals surface area (Å²) < 4.78 is 12.5. The van der Waals surface area contributed by atoms with Crippen LogP contribution in [-0.2, 0) is 0 Å². The van der Waals surface area contributed by atoms with Crippen molar-refractivity contribution in [2.75, 3.05) is 0 Å². The minimum Gasteiger partial charge on any atom is -0.207 e. The van der Waals surface area contributed by atoms with Crippen molar-refractivity contribution in [2.45, 2.75) is 12.8 Å². The lowest BCUT2D eigenvalue weighted by molar-refractivity contribution is 0.628. The van der Waals surface area contributed by atoms with Gasteiger partial charge in [0.15, 0.2) is 0 Å². The Hall–Kier alpha value is -1.55. The van der Waals surface area contributed by atoms with Crippen molar-refractivity contribution in [2.24, 2.45) is 0 Å². The summed E-state index contributed by atoms with van der Waals surface area (Å²) in [5, 5.41) is 0.